The molecule has 0 amide bonds. The molecule has 0 aliphatic heterocycles. The third-order valence-corrected chi connectivity index (χ3v) is 2.73. The van der Waals surface area contributed by atoms with Crippen molar-refractivity contribution in [2.24, 2.45) is 0 Å². The van der Waals surface area contributed by atoms with E-state index in [0.29, 0.717) is 17.9 Å². The van der Waals surface area contributed by atoms with Gasteiger partial charge < -0.3 is 9.32 Å². The van der Waals surface area contributed by atoms with Crippen molar-refractivity contribution in [2.75, 3.05) is 20.6 Å². The second kappa shape index (κ2) is 6.11. The average molecular weight is 256 g/mol. The molecule has 4 heteroatoms. The largest absolute Gasteiger partial charge is 0.464 e. The highest BCUT2D eigenvalue weighted by Gasteiger charge is 2.14. The predicted molar refractivity (Wildman–Crippen MR) is 74.4 cm³/mol. The molecule has 0 saturated carbocycles. The van der Waals surface area contributed by atoms with E-state index in [-0.39, 0.29) is 0 Å². The first-order valence-electron chi connectivity index (χ1n) is 5.99. The second-order valence-electron chi connectivity index (χ2n) is 4.46. The fourth-order valence-corrected chi connectivity index (χ4v) is 1.91. The normalized spacial score (nSPS) is 12.4. The Morgan fingerprint density at radius 2 is 2.05 bits per heavy atom. The molecule has 0 aliphatic carbocycles. The van der Waals surface area contributed by atoms with Crippen LogP contribution >= 0.6 is 0 Å². The lowest BCUT2D eigenvalue weighted by atomic mass is 9.99. The minimum absolute atomic E-state index is 0.574. The maximum atomic E-state index is 11.4. The van der Waals surface area contributed by atoms with Crippen LogP contribution in [0, 0.1) is 0 Å². The first-order chi connectivity index (χ1) is 9.22. The van der Waals surface area contributed by atoms with Gasteiger partial charge in [-0.25, -0.2) is 0 Å². The number of aromatic nitrogens is 1. The van der Waals surface area contributed by atoms with Gasteiger partial charge in [0.1, 0.15) is 5.76 Å². The van der Waals surface area contributed by atoms with Gasteiger partial charge in [0.2, 0.25) is 0 Å². The highest BCUT2D eigenvalue weighted by Crippen LogP contribution is 2.25. The number of carbonyl (C=O) groups is 1. The summed E-state index contributed by atoms with van der Waals surface area (Å²) in [5, 5.41) is 0. The number of hydrogen-bond acceptors (Lipinski definition) is 4. The van der Waals surface area contributed by atoms with E-state index in [2.05, 4.69) is 4.98 Å². The van der Waals surface area contributed by atoms with E-state index in [9.17, 15) is 4.79 Å². The number of carbonyl (C=O) groups excluding carboxylic acids is 1. The molecule has 2 heterocycles. The molecule has 0 saturated heterocycles. The lowest BCUT2D eigenvalue weighted by Crippen LogP contribution is -2.16. The monoisotopic (exact) mass is 256 g/mol. The molecule has 0 radical (unpaired) electrons. The van der Waals surface area contributed by atoms with E-state index in [4.69, 9.17) is 4.42 Å². The van der Waals surface area contributed by atoms with Crippen molar-refractivity contribution in [1.82, 2.24) is 9.88 Å². The first kappa shape index (κ1) is 13.2. The van der Waals surface area contributed by atoms with Gasteiger partial charge >= 0.3 is 0 Å². The summed E-state index contributed by atoms with van der Waals surface area (Å²) >= 11 is 0. The molecular formula is C15H16N2O2. The molecule has 0 fully saturated rings. The van der Waals surface area contributed by atoms with Crippen LogP contribution in [0.1, 0.15) is 11.3 Å². The van der Waals surface area contributed by atoms with Crippen LogP contribution in [0.2, 0.25) is 0 Å². The third kappa shape index (κ3) is 3.17. The molecule has 2 rings (SSSR count). The molecule has 4 nitrogen and oxygen atoms in total. The number of hydrogen-bond donors (Lipinski definition) is 0. The maximum absolute atomic E-state index is 11.4. The number of aldehydes is 1. The summed E-state index contributed by atoms with van der Waals surface area (Å²) in [7, 11) is 3.93. The Labute approximate surface area is 112 Å². The number of likely N-dealkylation sites (N-methyl/N-ethyl adjacent to an activating group) is 1. The van der Waals surface area contributed by atoms with Crippen LogP contribution in [0.25, 0.3) is 11.1 Å². The minimum atomic E-state index is 0.574. The highest BCUT2D eigenvalue weighted by molar-refractivity contribution is 6.16. The quantitative estimate of drug-likeness (QED) is 0.608. The number of allylic oxidation sites excluding steroid dienone is 1. The van der Waals surface area contributed by atoms with Gasteiger partial charge in [0, 0.05) is 18.9 Å². The Bertz CT molecular complexity index is 557. The number of rotatable bonds is 5. The maximum Gasteiger partial charge on any atom is 0.154 e. The second-order valence-corrected chi connectivity index (χ2v) is 4.46. The van der Waals surface area contributed by atoms with Gasteiger partial charge in [-0.2, -0.15) is 0 Å². The van der Waals surface area contributed by atoms with Crippen LogP contribution in [0.5, 0.6) is 0 Å². The Morgan fingerprint density at radius 3 is 2.58 bits per heavy atom. The SMILES string of the molecule is CN(C)CC(=C(C=O)c1ccco1)c1ccncc1. The van der Waals surface area contributed by atoms with Gasteiger partial charge in [0.15, 0.2) is 6.29 Å². The summed E-state index contributed by atoms with van der Waals surface area (Å²) in [6, 6.07) is 7.36. The fraction of sp³-hybridized carbons (Fsp3) is 0.200. The lowest BCUT2D eigenvalue weighted by molar-refractivity contribution is -0.103. The summed E-state index contributed by atoms with van der Waals surface area (Å²) in [5.74, 6) is 0.587. The molecule has 0 unspecified atom stereocenters. The molecule has 19 heavy (non-hydrogen) atoms. The van der Waals surface area contributed by atoms with E-state index in [1.807, 2.05) is 31.1 Å². The van der Waals surface area contributed by atoms with E-state index >= 15 is 0 Å². The Morgan fingerprint density at radius 1 is 1.32 bits per heavy atom. The molecule has 2 aromatic rings. The standard InChI is InChI=1S/C15H16N2O2/c1-17(2)10-13(12-5-7-16-8-6-12)14(11-18)15-4-3-9-19-15/h3-9,11H,10H2,1-2H3. The Kier molecular flexibility index (Phi) is 4.26. The van der Waals surface area contributed by atoms with Crippen molar-refractivity contribution < 1.29 is 9.21 Å². The molecular weight excluding hydrogens is 240 g/mol. The molecule has 0 bridgehead atoms. The van der Waals surface area contributed by atoms with Gasteiger partial charge in [-0.1, -0.05) is 0 Å². The van der Waals surface area contributed by atoms with Crippen LogP contribution in [0.15, 0.2) is 47.3 Å². The number of pyridine rings is 1. The van der Waals surface area contributed by atoms with Gasteiger partial charge in [-0.3, -0.25) is 9.78 Å². The van der Waals surface area contributed by atoms with E-state index in [1.165, 1.54) is 0 Å². The fourth-order valence-electron chi connectivity index (χ4n) is 1.91. The van der Waals surface area contributed by atoms with Gasteiger partial charge in [0.25, 0.3) is 0 Å². The minimum Gasteiger partial charge on any atom is -0.464 e. The average Bonchev–Trinajstić information content (AvgIpc) is 2.93. The Hall–Kier alpha value is -2.20. The summed E-state index contributed by atoms with van der Waals surface area (Å²) in [5.41, 5.74) is 2.48. The van der Waals surface area contributed by atoms with Gasteiger partial charge in [-0.15, -0.1) is 0 Å². The van der Waals surface area contributed by atoms with Crippen molar-refractivity contribution in [3.05, 3.63) is 54.2 Å². The molecule has 0 spiro atoms. The van der Waals surface area contributed by atoms with Crippen LogP contribution in [-0.2, 0) is 4.79 Å². The zero-order valence-electron chi connectivity index (χ0n) is 11.0. The Balaban J connectivity index is 2.55. The molecule has 2 aromatic heterocycles. The molecule has 0 atom stereocenters. The highest BCUT2D eigenvalue weighted by atomic mass is 16.3. The molecule has 0 aromatic carbocycles. The first-order valence-corrected chi connectivity index (χ1v) is 5.99. The van der Waals surface area contributed by atoms with Crippen LogP contribution < -0.4 is 0 Å². The molecule has 98 valence electrons. The van der Waals surface area contributed by atoms with E-state index in [0.717, 1.165) is 17.4 Å². The smallest absolute Gasteiger partial charge is 0.154 e. The van der Waals surface area contributed by atoms with Crippen LogP contribution in [0.3, 0.4) is 0 Å². The zero-order chi connectivity index (χ0) is 13.7. The van der Waals surface area contributed by atoms with Crippen molar-refractivity contribution in [3.63, 3.8) is 0 Å². The summed E-state index contributed by atoms with van der Waals surface area (Å²) in [6.45, 7) is 0.652. The van der Waals surface area contributed by atoms with Crippen molar-refractivity contribution >= 4 is 17.4 Å². The topological polar surface area (TPSA) is 46.3 Å². The van der Waals surface area contributed by atoms with Crippen LogP contribution in [0.4, 0.5) is 0 Å². The summed E-state index contributed by atoms with van der Waals surface area (Å²) < 4.78 is 5.35. The van der Waals surface area contributed by atoms with Gasteiger partial charge in [-0.05, 0) is 49.5 Å². The third-order valence-electron chi connectivity index (χ3n) is 2.73. The van der Waals surface area contributed by atoms with Crippen molar-refractivity contribution in [1.29, 1.82) is 0 Å². The van der Waals surface area contributed by atoms with Crippen LogP contribution in [-0.4, -0.2) is 36.8 Å². The zero-order valence-corrected chi connectivity index (χ0v) is 11.0. The lowest BCUT2D eigenvalue weighted by Gasteiger charge is -2.15. The van der Waals surface area contributed by atoms with Crippen molar-refractivity contribution in [2.45, 2.75) is 0 Å². The summed E-state index contributed by atoms with van der Waals surface area (Å²) in [6.07, 6.45) is 5.85. The van der Waals surface area contributed by atoms with E-state index in [1.54, 1.807) is 30.8 Å². The summed E-state index contributed by atoms with van der Waals surface area (Å²) in [4.78, 5) is 17.5. The van der Waals surface area contributed by atoms with Crippen molar-refractivity contribution in [3.8, 4) is 0 Å². The van der Waals surface area contributed by atoms with E-state index < -0.39 is 0 Å². The number of nitrogens with zero attached hydrogens (tertiary/aromatic N) is 2. The number of furan rings is 1. The van der Waals surface area contributed by atoms with Gasteiger partial charge in [0.05, 0.1) is 11.8 Å². The molecule has 0 aliphatic rings. The molecule has 0 N–H and O–H groups in total. The predicted octanol–water partition coefficient (Wildman–Crippen LogP) is 2.35.